The van der Waals surface area contributed by atoms with Crippen molar-refractivity contribution in [1.29, 1.82) is 0 Å². The largest absolute Gasteiger partial charge is 0.507 e. The van der Waals surface area contributed by atoms with E-state index < -0.39 is 17.6 Å². The Kier molecular flexibility index (Phi) is 4.37. The molecule has 6 heteroatoms. The number of amides is 1. The molecular weight excluding hydrogens is 306 g/mol. The summed E-state index contributed by atoms with van der Waals surface area (Å²) in [6, 6.07) is 7.73. The van der Waals surface area contributed by atoms with Gasteiger partial charge in [-0.25, -0.2) is 4.79 Å². The highest BCUT2D eigenvalue weighted by molar-refractivity contribution is 6.34. The van der Waals surface area contributed by atoms with Gasteiger partial charge in [-0.05, 0) is 43.2 Å². The number of carboxylic acid groups (broad SMARTS) is 1. The van der Waals surface area contributed by atoms with Gasteiger partial charge in [0.05, 0.1) is 16.3 Å². The van der Waals surface area contributed by atoms with Crippen molar-refractivity contribution in [3.05, 3.63) is 57.6 Å². The molecule has 0 saturated carbocycles. The number of phenols is 1. The molecule has 5 nitrogen and oxygen atoms in total. The summed E-state index contributed by atoms with van der Waals surface area (Å²) >= 11 is 6.04. The molecule has 0 aliphatic heterocycles. The molecule has 0 spiro atoms. The lowest BCUT2D eigenvalue weighted by Crippen LogP contribution is -2.16. The van der Waals surface area contributed by atoms with Crippen molar-refractivity contribution < 1.29 is 19.8 Å². The maximum absolute atomic E-state index is 12.3. The number of aromatic hydroxyl groups is 1. The zero-order valence-electron chi connectivity index (χ0n) is 12.0. The highest BCUT2D eigenvalue weighted by Gasteiger charge is 2.20. The second-order valence-corrected chi connectivity index (χ2v) is 5.30. The summed E-state index contributed by atoms with van der Waals surface area (Å²) in [6.45, 7) is 3.48. The summed E-state index contributed by atoms with van der Waals surface area (Å²) < 4.78 is 0. The van der Waals surface area contributed by atoms with E-state index in [1.54, 1.807) is 25.1 Å². The zero-order valence-corrected chi connectivity index (χ0v) is 12.7. The highest BCUT2D eigenvalue weighted by atomic mass is 35.5. The molecule has 2 aromatic rings. The highest BCUT2D eigenvalue weighted by Crippen LogP contribution is 2.30. The number of hydrogen-bond donors (Lipinski definition) is 3. The Hall–Kier alpha value is -2.53. The number of aromatic carboxylic acids is 1. The van der Waals surface area contributed by atoms with Crippen LogP contribution in [0.3, 0.4) is 0 Å². The first-order valence-corrected chi connectivity index (χ1v) is 6.82. The van der Waals surface area contributed by atoms with Crippen LogP contribution in [-0.4, -0.2) is 22.1 Å². The third-order valence-corrected chi connectivity index (χ3v) is 3.53. The molecule has 0 heterocycles. The maximum atomic E-state index is 12.3. The molecule has 0 saturated heterocycles. The number of nitrogens with one attached hydrogen (secondary N) is 1. The molecule has 0 aliphatic carbocycles. The standard InChI is InChI=1S/C16H14ClNO4/c1-8-3-5-10(11(17)7-8)15(20)18-14-9(2)4-6-12(19)13(14)16(21)22/h3-7,19H,1-2H3,(H,18,20)(H,21,22). The monoisotopic (exact) mass is 319 g/mol. The van der Waals surface area contributed by atoms with Crippen LogP contribution in [0.2, 0.25) is 5.02 Å². The third kappa shape index (κ3) is 3.04. The quantitative estimate of drug-likeness (QED) is 0.806. The van der Waals surface area contributed by atoms with E-state index in [1.807, 2.05) is 6.92 Å². The molecule has 0 bridgehead atoms. The molecule has 2 aromatic carbocycles. The lowest BCUT2D eigenvalue weighted by atomic mass is 10.1. The molecule has 0 fully saturated rings. The minimum atomic E-state index is -1.33. The van der Waals surface area contributed by atoms with Crippen LogP contribution in [0.25, 0.3) is 0 Å². The van der Waals surface area contributed by atoms with Gasteiger partial charge in [-0.1, -0.05) is 23.7 Å². The van der Waals surface area contributed by atoms with E-state index in [1.165, 1.54) is 12.1 Å². The summed E-state index contributed by atoms with van der Waals surface area (Å²) in [6.07, 6.45) is 0. The van der Waals surface area contributed by atoms with E-state index in [0.717, 1.165) is 5.56 Å². The Labute approximate surface area is 132 Å². The van der Waals surface area contributed by atoms with Gasteiger partial charge in [-0.2, -0.15) is 0 Å². The second kappa shape index (κ2) is 6.07. The number of benzene rings is 2. The average molecular weight is 320 g/mol. The Morgan fingerprint density at radius 3 is 2.41 bits per heavy atom. The molecule has 2 rings (SSSR count). The summed E-state index contributed by atoms with van der Waals surface area (Å²) in [4.78, 5) is 23.6. The fourth-order valence-electron chi connectivity index (χ4n) is 2.06. The van der Waals surface area contributed by atoms with E-state index in [4.69, 9.17) is 11.6 Å². The van der Waals surface area contributed by atoms with E-state index in [-0.39, 0.29) is 21.8 Å². The Morgan fingerprint density at radius 1 is 1.14 bits per heavy atom. The fraction of sp³-hybridized carbons (Fsp3) is 0.125. The zero-order chi connectivity index (χ0) is 16.4. The SMILES string of the molecule is Cc1ccc(C(=O)Nc2c(C)ccc(O)c2C(=O)O)c(Cl)c1. The van der Waals surface area contributed by atoms with Crippen molar-refractivity contribution in [2.75, 3.05) is 5.32 Å². The van der Waals surface area contributed by atoms with Crippen LogP contribution in [0.1, 0.15) is 31.8 Å². The number of carbonyl (C=O) groups is 2. The summed E-state index contributed by atoms with van der Waals surface area (Å²) in [5, 5.41) is 21.7. The molecule has 0 aromatic heterocycles. The van der Waals surface area contributed by atoms with E-state index in [9.17, 15) is 19.8 Å². The Morgan fingerprint density at radius 2 is 1.82 bits per heavy atom. The smallest absolute Gasteiger partial charge is 0.341 e. The minimum absolute atomic E-state index is 0.0501. The number of rotatable bonds is 3. The van der Waals surface area contributed by atoms with Gasteiger partial charge >= 0.3 is 5.97 Å². The lowest BCUT2D eigenvalue weighted by Gasteiger charge is -2.13. The first-order valence-electron chi connectivity index (χ1n) is 6.44. The number of hydrogen-bond acceptors (Lipinski definition) is 3. The molecular formula is C16H14ClNO4. The first kappa shape index (κ1) is 15.9. The van der Waals surface area contributed by atoms with Crippen LogP contribution in [0.15, 0.2) is 30.3 Å². The van der Waals surface area contributed by atoms with Crippen LogP contribution >= 0.6 is 11.6 Å². The van der Waals surface area contributed by atoms with Crippen molar-refractivity contribution in [2.45, 2.75) is 13.8 Å². The molecule has 0 atom stereocenters. The van der Waals surface area contributed by atoms with Crippen molar-refractivity contribution in [3.8, 4) is 5.75 Å². The van der Waals surface area contributed by atoms with Crippen LogP contribution in [0.4, 0.5) is 5.69 Å². The van der Waals surface area contributed by atoms with Gasteiger partial charge in [-0.15, -0.1) is 0 Å². The van der Waals surface area contributed by atoms with Crippen molar-refractivity contribution in [1.82, 2.24) is 0 Å². The van der Waals surface area contributed by atoms with Crippen LogP contribution in [0, 0.1) is 13.8 Å². The normalized spacial score (nSPS) is 10.3. The van der Waals surface area contributed by atoms with Crippen molar-refractivity contribution in [2.24, 2.45) is 0 Å². The van der Waals surface area contributed by atoms with Gasteiger partial charge in [0.15, 0.2) is 0 Å². The maximum Gasteiger partial charge on any atom is 0.341 e. The number of carbonyl (C=O) groups excluding carboxylic acids is 1. The number of halogens is 1. The molecule has 22 heavy (non-hydrogen) atoms. The third-order valence-electron chi connectivity index (χ3n) is 3.21. The van der Waals surface area contributed by atoms with E-state index in [2.05, 4.69) is 5.32 Å². The van der Waals surface area contributed by atoms with Gasteiger partial charge in [0, 0.05) is 0 Å². The Balaban J connectivity index is 2.44. The topological polar surface area (TPSA) is 86.6 Å². The summed E-state index contributed by atoms with van der Waals surface area (Å²) in [5.41, 5.74) is 1.35. The minimum Gasteiger partial charge on any atom is -0.507 e. The van der Waals surface area contributed by atoms with Gasteiger partial charge in [0.25, 0.3) is 5.91 Å². The summed E-state index contributed by atoms with van der Waals surface area (Å²) in [7, 11) is 0. The predicted molar refractivity (Wildman–Crippen MR) is 83.9 cm³/mol. The average Bonchev–Trinajstić information content (AvgIpc) is 2.42. The lowest BCUT2D eigenvalue weighted by molar-refractivity contribution is 0.0695. The van der Waals surface area contributed by atoms with Crippen LogP contribution in [0.5, 0.6) is 5.75 Å². The number of carboxylic acids is 1. The Bertz CT molecular complexity index is 771. The first-order chi connectivity index (χ1) is 10.3. The van der Waals surface area contributed by atoms with Gasteiger partial charge in [0.1, 0.15) is 11.3 Å². The molecule has 1 amide bonds. The van der Waals surface area contributed by atoms with Crippen LogP contribution in [-0.2, 0) is 0 Å². The number of anilines is 1. The molecule has 114 valence electrons. The van der Waals surface area contributed by atoms with Crippen molar-refractivity contribution >= 4 is 29.2 Å². The number of aryl methyl sites for hydroxylation is 2. The summed E-state index contributed by atoms with van der Waals surface area (Å²) in [5.74, 6) is -2.28. The van der Waals surface area contributed by atoms with E-state index in [0.29, 0.717) is 5.56 Å². The predicted octanol–water partition coefficient (Wildman–Crippen LogP) is 3.61. The van der Waals surface area contributed by atoms with Crippen molar-refractivity contribution in [3.63, 3.8) is 0 Å². The van der Waals surface area contributed by atoms with Gasteiger partial charge in [0.2, 0.25) is 0 Å². The molecule has 0 radical (unpaired) electrons. The molecule has 3 N–H and O–H groups in total. The fourth-order valence-corrected chi connectivity index (χ4v) is 2.38. The van der Waals surface area contributed by atoms with E-state index >= 15 is 0 Å². The molecule has 0 aliphatic rings. The molecule has 0 unspecified atom stereocenters. The second-order valence-electron chi connectivity index (χ2n) is 4.89. The van der Waals surface area contributed by atoms with Gasteiger partial charge < -0.3 is 15.5 Å². The van der Waals surface area contributed by atoms with Crippen LogP contribution < -0.4 is 5.32 Å². The van der Waals surface area contributed by atoms with Gasteiger partial charge in [-0.3, -0.25) is 4.79 Å².